The van der Waals surface area contributed by atoms with Crippen molar-refractivity contribution in [3.05, 3.63) is 17.7 Å². The molecule has 0 aliphatic rings. The average molecular weight is 296 g/mol. The van der Waals surface area contributed by atoms with Crippen molar-refractivity contribution in [2.24, 2.45) is 0 Å². The highest BCUT2D eigenvalue weighted by Crippen LogP contribution is 2.38. The number of benzene rings is 1. The smallest absolute Gasteiger partial charge is 0.258 e. The summed E-state index contributed by atoms with van der Waals surface area (Å²) in [5, 5.41) is 5.83. The summed E-state index contributed by atoms with van der Waals surface area (Å²) in [5.74, 6) is 1.32. The summed E-state index contributed by atoms with van der Waals surface area (Å²) in [6.07, 6.45) is 0. The van der Waals surface area contributed by atoms with E-state index in [1.807, 2.05) is 33.0 Å². The van der Waals surface area contributed by atoms with Gasteiger partial charge in [-0.1, -0.05) is 0 Å². The third kappa shape index (κ3) is 5.15. The van der Waals surface area contributed by atoms with Crippen LogP contribution in [0.1, 0.15) is 19.4 Å². The van der Waals surface area contributed by atoms with Gasteiger partial charge in [-0.3, -0.25) is 4.79 Å². The lowest BCUT2D eigenvalue weighted by Gasteiger charge is -2.16. The van der Waals surface area contributed by atoms with Crippen molar-refractivity contribution in [1.29, 1.82) is 0 Å². The Morgan fingerprint density at radius 2 is 1.76 bits per heavy atom. The maximum Gasteiger partial charge on any atom is 0.258 e. The second kappa shape index (κ2) is 8.36. The molecule has 0 bridgehead atoms. The van der Waals surface area contributed by atoms with Gasteiger partial charge in [-0.25, -0.2) is 0 Å². The first-order valence-corrected chi connectivity index (χ1v) is 6.83. The summed E-state index contributed by atoms with van der Waals surface area (Å²) in [6, 6.07) is 3.78. The van der Waals surface area contributed by atoms with Crippen LogP contribution in [-0.2, 0) is 11.3 Å². The van der Waals surface area contributed by atoms with E-state index in [9.17, 15) is 4.79 Å². The second-order valence-electron chi connectivity index (χ2n) is 4.87. The fourth-order valence-electron chi connectivity index (χ4n) is 1.88. The SMILES string of the molecule is CNCc1cc(OC)c(OCC(=O)NC(C)C)c(OC)c1. The third-order valence-electron chi connectivity index (χ3n) is 2.70. The van der Waals surface area contributed by atoms with Crippen molar-refractivity contribution in [2.75, 3.05) is 27.9 Å². The van der Waals surface area contributed by atoms with Crippen LogP contribution in [0.2, 0.25) is 0 Å². The first-order chi connectivity index (χ1) is 10.0. The van der Waals surface area contributed by atoms with Crippen LogP contribution < -0.4 is 24.8 Å². The van der Waals surface area contributed by atoms with Crippen LogP contribution >= 0.6 is 0 Å². The average Bonchev–Trinajstić information content (AvgIpc) is 2.44. The molecule has 0 aliphatic heterocycles. The molecule has 0 spiro atoms. The van der Waals surface area contributed by atoms with E-state index in [1.54, 1.807) is 14.2 Å². The molecule has 1 aromatic rings. The minimum absolute atomic E-state index is 0.0721. The van der Waals surface area contributed by atoms with Crippen LogP contribution in [0.4, 0.5) is 0 Å². The predicted octanol–water partition coefficient (Wildman–Crippen LogP) is 1.33. The normalized spacial score (nSPS) is 10.4. The van der Waals surface area contributed by atoms with Gasteiger partial charge in [0.05, 0.1) is 14.2 Å². The molecule has 0 aliphatic carbocycles. The highest BCUT2D eigenvalue weighted by Gasteiger charge is 2.15. The highest BCUT2D eigenvalue weighted by molar-refractivity contribution is 5.78. The molecular formula is C15H24N2O4. The molecule has 1 aromatic carbocycles. The van der Waals surface area contributed by atoms with Crippen molar-refractivity contribution >= 4 is 5.91 Å². The number of nitrogens with one attached hydrogen (secondary N) is 2. The highest BCUT2D eigenvalue weighted by atomic mass is 16.5. The van der Waals surface area contributed by atoms with E-state index in [0.717, 1.165) is 5.56 Å². The van der Waals surface area contributed by atoms with E-state index in [-0.39, 0.29) is 18.6 Å². The van der Waals surface area contributed by atoms with Crippen LogP contribution in [0.25, 0.3) is 0 Å². The molecule has 2 N–H and O–H groups in total. The number of hydrogen-bond acceptors (Lipinski definition) is 5. The molecular weight excluding hydrogens is 272 g/mol. The van der Waals surface area contributed by atoms with E-state index < -0.39 is 0 Å². The summed E-state index contributed by atoms with van der Waals surface area (Å²) in [6.45, 7) is 4.38. The Labute approximate surface area is 125 Å². The molecule has 0 saturated heterocycles. The van der Waals surface area contributed by atoms with Gasteiger partial charge in [0.15, 0.2) is 18.1 Å². The molecule has 0 unspecified atom stereocenters. The van der Waals surface area contributed by atoms with E-state index in [2.05, 4.69) is 10.6 Å². The molecule has 21 heavy (non-hydrogen) atoms. The molecule has 0 saturated carbocycles. The number of amides is 1. The molecule has 0 fully saturated rings. The lowest BCUT2D eigenvalue weighted by molar-refractivity contribution is -0.123. The number of carbonyl (C=O) groups excluding carboxylic acids is 1. The van der Waals surface area contributed by atoms with Gasteiger partial charge in [-0.15, -0.1) is 0 Å². The van der Waals surface area contributed by atoms with Crippen molar-refractivity contribution in [3.63, 3.8) is 0 Å². The lowest BCUT2D eigenvalue weighted by Crippen LogP contribution is -2.34. The standard InChI is InChI=1S/C15H24N2O4/c1-10(2)17-14(18)9-21-15-12(19-4)6-11(8-16-3)7-13(15)20-5/h6-7,10,16H,8-9H2,1-5H3,(H,17,18). The Kier molecular flexibility index (Phi) is 6.81. The van der Waals surface area contributed by atoms with Crippen LogP contribution in [0.5, 0.6) is 17.2 Å². The number of ether oxygens (including phenoxy) is 3. The first kappa shape index (κ1) is 17.1. The molecule has 118 valence electrons. The molecule has 6 nitrogen and oxygen atoms in total. The van der Waals surface area contributed by atoms with Crippen LogP contribution in [0, 0.1) is 0 Å². The number of carbonyl (C=O) groups is 1. The summed E-state index contributed by atoms with van der Waals surface area (Å²) < 4.78 is 16.2. The fraction of sp³-hybridized carbons (Fsp3) is 0.533. The van der Waals surface area contributed by atoms with E-state index >= 15 is 0 Å². The van der Waals surface area contributed by atoms with Crippen molar-refractivity contribution in [2.45, 2.75) is 26.4 Å². The first-order valence-electron chi connectivity index (χ1n) is 6.83. The summed E-state index contributed by atoms with van der Waals surface area (Å²) in [4.78, 5) is 11.7. The van der Waals surface area contributed by atoms with Crippen molar-refractivity contribution in [1.82, 2.24) is 10.6 Å². The molecule has 6 heteroatoms. The van der Waals surface area contributed by atoms with E-state index in [0.29, 0.717) is 23.8 Å². The van der Waals surface area contributed by atoms with Gasteiger partial charge in [-0.05, 0) is 38.6 Å². The van der Waals surface area contributed by atoms with Gasteiger partial charge < -0.3 is 24.8 Å². The van der Waals surface area contributed by atoms with Gasteiger partial charge in [-0.2, -0.15) is 0 Å². The van der Waals surface area contributed by atoms with Crippen molar-refractivity contribution < 1.29 is 19.0 Å². The third-order valence-corrected chi connectivity index (χ3v) is 2.70. The van der Waals surface area contributed by atoms with E-state index in [4.69, 9.17) is 14.2 Å². The predicted molar refractivity (Wildman–Crippen MR) is 81.1 cm³/mol. The summed E-state index contributed by atoms with van der Waals surface area (Å²) >= 11 is 0. The van der Waals surface area contributed by atoms with Crippen LogP contribution in [-0.4, -0.2) is 39.8 Å². The zero-order valence-corrected chi connectivity index (χ0v) is 13.3. The maximum atomic E-state index is 11.7. The minimum Gasteiger partial charge on any atom is -0.493 e. The molecule has 0 heterocycles. The monoisotopic (exact) mass is 296 g/mol. The Morgan fingerprint density at radius 1 is 1.19 bits per heavy atom. The molecule has 0 atom stereocenters. The largest absolute Gasteiger partial charge is 0.493 e. The topological polar surface area (TPSA) is 68.8 Å². The fourth-order valence-corrected chi connectivity index (χ4v) is 1.88. The Morgan fingerprint density at radius 3 is 2.19 bits per heavy atom. The lowest BCUT2D eigenvalue weighted by atomic mass is 10.2. The van der Waals surface area contributed by atoms with Gasteiger partial charge in [0.2, 0.25) is 5.75 Å². The van der Waals surface area contributed by atoms with Gasteiger partial charge >= 0.3 is 0 Å². The van der Waals surface area contributed by atoms with Crippen molar-refractivity contribution in [3.8, 4) is 17.2 Å². The molecule has 0 aromatic heterocycles. The van der Waals surface area contributed by atoms with E-state index in [1.165, 1.54) is 0 Å². The summed E-state index contributed by atoms with van der Waals surface area (Å²) in [7, 11) is 4.97. The molecule has 0 radical (unpaired) electrons. The number of methoxy groups -OCH3 is 2. The quantitative estimate of drug-likeness (QED) is 0.757. The zero-order valence-electron chi connectivity index (χ0n) is 13.3. The van der Waals surface area contributed by atoms with Gasteiger partial charge in [0, 0.05) is 12.6 Å². The maximum absolute atomic E-state index is 11.7. The number of rotatable bonds is 8. The minimum atomic E-state index is -0.187. The van der Waals surface area contributed by atoms with Crippen LogP contribution in [0.3, 0.4) is 0 Å². The molecule has 1 amide bonds. The zero-order chi connectivity index (χ0) is 15.8. The number of hydrogen-bond donors (Lipinski definition) is 2. The van der Waals surface area contributed by atoms with Crippen LogP contribution in [0.15, 0.2) is 12.1 Å². The Balaban J connectivity index is 2.91. The van der Waals surface area contributed by atoms with Gasteiger partial charge in [0.1, 0.15) is 0 Å². The summed E-state index contributed by atoms with van der Waals surface area (Å²) in [5.41, 5.74) is 1.00. The molecule has 1 rings (SSSR count). The second-order valence-corrected chi connectivity index (χ2v) is 4.87. The Hall–Kier alpha value is -1.95. The Bertz CT molecular complexity index is 450. The van der Waals surface area contributed by atoms with Gasteiger partial charge in [0.25, 0.3) is 5.91 Å².